The number of ether oxygens (including phenoxy) is 1. The molecule has 1 heterocycles. The van der Waals surface area contributed by atoms with Crippen LogP contribution in [0.4, 0.5) is 0 Å². The van der Waals surface area contributed by atoms with Crippen LogP contribution in [0.2, 0.25) is 0 Å². The molecule has 0 aliphatic heterocycles. The molecule has 2 atom stereocenters. The standard InChI is InChI=1S/C18H18ClN2O4P/c1-24-18(22)17(11-13-12-20-16-10-6-5-9-15(13)16)21-26(19,23)25-14-7-3-2-4-8-14/h2-10,12,17,20H,11H2,1H3,(H,21,23). The number of para-hydroxylation sites is 2. The van der Waals surface area contributed by atoms with Crippen LogP contribution in [0.15, 0.2) is 60.8 Å². The second kappa shape index (κ2) is 7.96. The molecule has 6 nitrogen and oxygen atoms in total. The van der Waals surface area contributed by atoms with E-state index in [1.807, 2.05) is 24.3 Å². The van der Waals surface area contributed by atoms with Crippen molar-refractivity contribution in [3.8, 4) is 5.75 Å². The molecule has 0 saturated heterocycles. The Balaban J connectivity index is 1.80. The second-order valence-electron chi connectivity index (χ2n) is 5.65. The minimum absolute atomic E-state index is 0.242. The van der Waals surface area contributed by atoms with E-state index in [2.05, 4.69) is 10.1 Å². The predicted molar refractivity (Wildman–Crippen MR) is 101 cm³/mol. The minimum atomic E-state index is -3.81. The highest BCUT2D eigenvalue weighted by Gasteiger charge is 2.31. The molecule has 3 rings (SSSR count). The zero-order valence-corrected chi connectivity index (χ0v) is 15.7. The van der Waals surface area contributed by atoms with Gasteiger partial charge in [-0.3, -0.25) is 4.79 Å². The minimum Gasteiger partial charge on any atom is -0.468 e. The van der Waals surface area contributed by atoms with Crippen LogP contribution in [-0.4, -0.2) is 24.1 Å². The van der Waals surface area contributed by atoms with Crippen molar-refractivity contribution in [1.29, 1.82) is 0 Å². The molecule has 0 aliphatic carbocycles. The van der Waals surface area contributed by atoms with E-state index >= 15 is 0 Å². The van der Waals surface area contributed by atoms with E-state index in [0.717, 1.165) is 16.5 Å². The van der Waals surface area contributed by atoms with Gasteiger partial charge in [0, 0.05) is 34.8 Å². The smallest absolute Gasteiger partial charge is 0.409 e. The monoisotopic (exact) mass is 392 g/mol. The number of hydrogen-bond acceptors (Lipinski definition) is 4. The SMILES string of the molecule is COC(=O)C(Cc1c[nH]c2ccccc12)NP(=O)(Cl)Oc1ccccc1. The Bertz CT molecular complexity index is 945. The quantitative estimate of drug-likeness (QED) is 0.463. The molecule has 0 amide bonds. The molecular formula is C18H18ClN2O4P. The van der Waals surface area contributed by atoms with E-state index in [1.54, 1.807) is 36.5 Å². The van der Waals surface area contributed by atoms with E-state index in [-0.39, 0.29) is 6.42 Å². The summed E-state index contributed by atoms with van der Waals surface area (Å²) in [7, 11) is 1.27. The fourth-order valence-corrected chi connectivity index (χ4v) is 4.28. The molecule has 0 saturated carbocycles. The molecule has 8 heteroatoms. The van der Waals surface area contributed by atoms with Crippen molar-refractivity contribution >= 4 is 35.0 Å². The van der Waals surface area contributed by atoms with Crippen LogP contribution in [-0.2, 0) is 20.5 Å². The number of benzene rings is 2. The van der Waals surface area contributed by atoms with Gasteiger partial charge >= 0.3 is 12.8 Å². The van der Waals surface area contributed by atoms with Crippen LogP contribution in [0, 0.1) is 0 Å². The molecule has 26 heavy (non-hydrogen) atoms. The summed E-state index contributed by atoms with van der Waals surface area (Å²) >= 11 is 6.03. The maximum absolute atomic E-state index is 12.6. The Hall–Kier alpha value is -2.27. The summed E-state index contributed by atoms with van der Waals surface area (Å²) in [6, 6.07) is 15.3. The van der Waals surface area contributed by atoms with Gasteiger partial charge in [0.15, 0.2) is 0 Å². The highest BCUT2D eigenvalue weighted by Crippen LogP contribution is 2.48. The van der Waals surface area contributed by atoms with E-state index < -0.39 is 18.9 Å². The average Bonchev–Trinajstić information content (AvgIpc) is 3.04. The number of carbonyl (C=O) groups excluding carboxylic acids is 1. The third kappa shape index (κ3) is 4.47. The van der Waals surface area contributed by atoms with Gasteiger partial charge in [0.25, 0.3) is 0 Å². The zero-order valence-electron chi connectivity index (χ0n) is 14.0. The number of H-pyrrole nitrogens is 1. The number of halogens is 1. The molecule has 136 valence electrons. The first-order chi connectivity index (χ1) is 12.5. The van der Waals surface area contributed by atoms with Crippen molar-refractivity contribution < 1.29 is 18.6 Å². The lowest BCUT2D eigenvalue weighted by Gasteiger charge is -2.20. The van der Waals surface area contributed by atoms with Crippen molar-refractivity contribution in [2.75, 3.05) is 7.11 Å². The molecular weight excluding hydrogens is 375 g/mol. The van der Waals surface area contributed by atoms with Crippen molar-refractivity contribution in [2.45, 2.75) is 12.5 Å². The molecule has 2 unspecified atom stereocenters. The van der Waals surface area contributed by atoms with Gasteiger partial charge in [-0.2, -0.15) is 0 Å². The molecule has 0 aliphatic rings. The lowest BCUT2D eigenvalue weighted by atomic mass is 10.1. The third-order valence-electron chi connectivity index (χ3n) is 3.86. The Labute approximate surface area is 155 Å². The van der Waals surface area contributed by atoms with E-state index in [4.69, 9.17) is 20.5 Å². The summed E-state index contributed by atoms with van der Waals surface area (Å²) in [4.78, 5) is 15.3. The Morgan fingerprint density at radius 3 is 2.62 bits per heavy atom. The average molecular weight is 393 g/mol. The molecule has 0 bridgehead atoms. The van der Waals surface area contributed by atoms with Crippen LogP contribution < -0.4 is 9.61 Å². The lowest BCUT2D eigenvalue weighted by molar-refractivity contribution is -0.142. The first kappa shape index (κ1) is 18.5. The summed E-state index contributed by atoms with van der Waals surface area (Å²) in [6.07, 6.45) is 2.05. The topological polar surface area (TPSA) is 80.4 Å². The van der Waals surface area contributed by atoms with Gasteiger partial charge in [0.2, 0.25) is 0 Å². The van der Waals surface area contributed by atoms with E-state index in [1.165, 1.54) is 7.11 Å². The molecule has 3 aromatic rings. The zero-order chi connectivity index (χ0) is 18.6. The Kier molecular flexibility index (Phi) is 5.67. The van der Waals surface area contributed by atoms with Gasteiger partial charge in [-0.25, -0.2) is 9.65 Å². The molecule has 1 aromatic heterocycles. The summed E-state index contributed by atoms with van der Waals surface area (Å²) in [6.45, 7) is -3.81. The van der Waals surface area contributed by atoms with Crippen LogP contribution >= 0.6 is 18.1 Å². The highest BCUT2D eigenvalue weighted by atomic mass is 35.7. The number of methoxy groups -OCH3 is 1. The van der Waals surface area contributed by atoms with Crippen molar-refractivity contribution in [3.63, 3.8) is 0 Å². The van der Waals surface area contributed by atoms with Gasteiger partial charge in [-0.05, 0) is 23.8 Å². The predicted octanol–water partition coefficient (Wildman–Crippen LogP) is 4.27. The Morgan fingerprint density at radius 1 is 1.19 bits per heavy atom. The summed E-state index contributed by atoms with van der Waals surface area (Å²) in [5.41, 5.74) is 1.82. The normalized spacial score (nSPS) is 14.5. The second-order valence-corrected chi connectivity index (χ2v) is 8.39. The maximum atomic E-state index is 12.6. The number of hydrogen-bond donors (Lipinski definition) is 2. The van der Waals surface area contributed by atoms with Crippen LogP contribution in [0.25, 0.3) is 10.9 Å². The molecule has 0 fully saturated rings. The lowest BCUT2D eigenvalue weighted by Crippen LogP contribution is -2.37. The molecule has 0 radical (unpaired) electrons. The maximum Gasteiger partial charge on any atom is 0.409 e. The fourth-order valence-electron chi connectivity index (χ4n) is 2.67. The summed E-state index contributed by atoms with van der Waals surface area (Å²) in [5, 5.41) is 3.57. The van der Waals surface area contributed by atoms with Crippen molar-refractivity contribution in [1.82, 2.24) is 10.1 Å². The van der Waals surface area contributed by atoms with E-state index in [9.17, 15) is 9.36 Å². The summed E-state index contributed by atoms with van der Waals surface area (Å²) in [5.74, 6) is -0.234. The number of fused-ring (bicyclic) bond motifs is 1. The van der Waals surface area contributed by atoms with Crippen LogP contribution in [0.3, 0.4) is 0 Å². The van der Waals surface area contributed by atoms with E-state index in [0.29, 0.717) is 5.75 Å². The van der Waals surface area contributed by atoms with Gasteiger partial charge in [0.05, 0.1) is 7.11 Å². The number of rotatable bonds is 7. The number of nitrogens with one attached hydrogen (secondary N) is 2. The van der Waals surface area contributed by atoms with Crippen LogP contribution in [0.5, 0.6) is 5.75 Å². The largest absolute Gasteiger partial charge is 0.468 e. The third-order valence-corrected chi connectivity index (χ3v) is 5.43. The van der Waals surface area contributed by atoms with Gasteiger partial charge in [-0.1, -0.05) is 36.4 Å². The van der Waals surface area contributed by atoms with Crippen molar-refractivity contribution in [2.24, 2.45) is 0 Å². The highest BCUT2D eigenvalue weighted by molar-refractivity contribution is 7.84. The van der Waals surface area contributed by atoms with Gasteiger partial charge in [0.1, 0.15) is 11.8 Å². The molecule has 2 N–H and O–H groups in total. The van der Waals surface area contributed by atoms with Gasteiger partial charge < -0.3 is 14.2 Å². The first-order valence-corrected chi connectivity index (χ1v) is 10.5. The molecule has 0 spiro atoms. The number of esters is 1. The fraction of sp³-hybridized carbons (Fsp3) is 0.167. The van der Waals surface area contributed by atoms with Gasteiger partial charge in [-0.15, -0.1) is 0 Å². The molecule has 2 aromatic carbocycles. The Morgan fingerprint density at radius 2 is 1.88 bits per heavy atom. The summed E-state index contributed by atoms with van der Waals surface area (Å²) < 4.78 is 22.8. The number of aromatic amines is 1. The first-order valence-electron chi connectivity index (χ1n) is 7.93. The number of aromatic nitrogens is 1. The van der Waals surface area contributed by atoms with Crippen molar-refractivity contribution in [3.05, 3.63) is 66.4 Å². The van der Waals surface area contributed by atoms with Crippen LogP contribution in [0.1, 0.15) is 5.56 Å². The number of carbonyl (C=O) groups is 1.